The summed E-state index contributed by atoms with van der Waals surface area (Å²) in [7, 11) is 3.83. The van der Waals surface area contributed by atoms with E-state index < -0.39 is 0 Å². The van der Waals surface area contributed by atoms with Crippen molar-refractivity contribution in [3.8, 4) is 0 Å². The van der Waals surface area contributed by atoms with Gasteiger partial charge in [-0.15, -0.1) is 0 Å². The second-order valence-electron chi connectivity index (χ2n) is 10.0. The van der Waals surface area contributed by atoms with Crippen molar-refractivity contribution in [3.63, 3.8) is 0 Å². The summed E-state index contributed by atoms with van der Waals surface area (Å²) in [4.78, 5) is 5.10. The average molecular weight is 450 g/mol. The van der Waals surface area contributed by atoms with Crippen molar-refractivity contribution in [2.24, 2.45) is 0 Å². The maximum Gasteiger partial charge on any atom is 0.0589 e. The predicted molar refractivity (Wildman–Crippen MR) is 138 cm³/mol. The molecule has 1 unspecified atom stereocenters. The van der Waals surface area contributed by atoms with Crippen LogP contribution in [0.25, 0.3) is 0 Å². The van der Waals surface area contributed by atoms with Crippen molar-refractivity contribution < 1.29 is 4.74 Å². The second kappa shape index (κ2) is 11.6. The van der Waals surface area contributed by atoms with Gasteiger partial charge >= 0.3 is 0 Å². The fourth-order valence-corrected chi connectivity index (χ4v) is 5.55. The van der Waals surface area contributed by atoms with Crippen LogP contribution in [0.15, 0.2) is 30.3 Å². The summed E-state index contributed by atoms with van der Waals surface area (Å²) in [5.41, 5.74) is 10.8. The Morgan fingerprint density at radius 2 is 1.61 bits per heavy atom. The number of hydrogen-bond acceptors (Lipinski definition) is 4. The molecule has 0 saturated heterocycles. The Kier molecular flexibility index (Phi) is 8.59. The molecular formula is C29H43N3O. The van der Waals surface area contributed by atoms with Crippen LogP contribution in [0.3, 0.4) is 0 Å². The van der Waals surface area contributed by atoms with Crippen LogP contribution >= 0.6 is 0 Å². The zero-order chi connectivity index (χ0) is 23.2. The summed E-state index contributed by atoms with van der Waals surface area (Å²) >= 11 is 0. The van der Waals surface area contributed by atoms with E-state index >= 15 is 0 Å². The van der Waals surface area contributed by atoms with E-state index in [9.17, 15) is 0 Å². The monoisotopic (exact) mass is 449 g/mol. The molecule has 1 atom stereocenters. The third-order valence-electron chi connectivity index (χ3n) is 7.70. The van der Waals surface area contributed by atoms with Gasteiger partial charge in [-0.1, -0.05) is 44.2 Å². The van der Waals surface area contributed by atoms with E-state index in [1.165, 1.54) is 29.7 Å². The Morgan fingerprint density at radius 1 is 0.909 bits per heavy atom. The molecule has 0 aliphatic carbocycles. The van der Waals surface area contributed by atoms with Crippen molar-refractivity contribution in [2.75, 3.05) is 53.5 Å². The zero-order valence-electron chi connectivity index (χ0n) is 21.3. The first kappa shape index (κ1) is 24.4. The largest absolute Gasteiger partial charge is 0.383 e. The molecule has 2 heterocycles. The van der Waals surface area contributed by atoms with Crippen LogP contribution in [-0.4, -0.2) is 63.3 Å². The number of nitrogens with one attached hydrogen (secondary N) is 1. The Balaban J connectivity index is 1.46. The summed E-state index contributed by atoms with van der Waals surface area (Å²) in [5, 5.41) is 3.28. The van der Waals surface area contributed by atoms with Gasteiger partial charge in [0.05, 0.1) is 6.61 Å². The lowest BCUT2D eigenvalue weighted by Crippen LogP contribution is -2.35. The van der Waals surface area contributed by atoms with Crippen LogP contribution in [0.5, 0.6) is 0 Å². The molecule has 1 N–H and O–H groups in total. The number of ether oxygens (including phenoxy) is 1. The smallest absolute Gasteiger partial charge is 0.0589 e. The molecule has 2 aromatic rings. The van der Waals surface area contributed by atoms with Crippen molar-refractivity contribution in [1.29, 1.82) is 0 Å². The summed E-state index contributed by atoms with van der Waals surface area (Å²) in [5.74, 6) is 0.536. The van der Waals surface area contributed by atoms with Crippen LogP contribution in [0.2, 0.25) is 0 Å². The Labute approximate surface area is 201 Å². The van der Waals surface area contributed by atoms with Crippen LogP contribution in [0.1, 0.15) is 58.7 Å². The van der Waals surface area contributed by atoms with Crippen LogP contribution < -0.4 is 5.32 Å². The van der Waals surface area contributed by atoms with Crippen molar-refractivity contribution in [2.45, 2.75) is 58.5 Å². The van der Waals surface area contributed by atoms with Gasteiger partial charge in [0.1, 0.15) is 0 Å². The number of methoxy groups -OCH3 is 1. The minimum Gasteiger partial charge on any atom is -0.383 e. The van der Waals surface area contributed by atoms with Gasteiger partial charge in [0.25, 0.3) is 0 Å². The fourth-order valence-electron chi connectivity index (χ4n) is 5.55. The molecule has 0 aromatic heterocycles. The highest BCUT2D eigenvalue weighted by Gasteiger charge is 2.21. The van der Waals surface area contributed by atoms with E-state index in [0.717, 1.165) is 65.1 Å². The van der Waals surface area contributed by atoms with Gasteiger partial charge < -0.3 is 10.1 Å². The molecule has 0 amide bonds. The molecule has 4 nitrogen and oxygen atoms in total. The third kappa shape index (κ3) is 6.05. The number of hydrogen-bond donors (Lipinski definition) is 1. The van der Waals surface area contributed by atoms with Gasteiger partial charge in [0, 0.05) is 52.9 Å². The van der Waals surface area contributed by atoms with E-state index in [1.807, 2.05) is 7.05 Å². The number of aryl methyl sites for hydroxylation is 1. The molecule has 2 aromatic carbocycles. The fraction of sp³-hybridized carbons (Fsp3) is 0.586. The molecule has 0 radical (unpaired) electrons. The lowest BCUT2D eigenvalue weighted by Gasteiger charge is -2.30. The van der Waals surface area contributed by atoms with Gasteiger partial charge in [-0.25, -0.2) is 0 Å². The van der Waals surface area contributed by atoms with Crippen LogP contribution in [-0.2, 0) is 43.5 Å². The van der Waals surface area contributed by atoms with Crippen molar-refractivity contribution in [1.82, 2.24) is 15.1 Å². The summed E-state index contributed by atoms with van der Waals surface area (Å²) < 4.78 is 5.31. The topological polar surface area (TPSA) is 27.7 Å². The SMILES string of the molecule is CCc1cc2c(cc1CC(C)c1ccc3c(c1)CCN(CCNC)C3)CN(CCOC)CC2. The minimum atomic E-state index is 0.536. The predicted octanol–water partition coefficient (Wildman–Crippen LogP) is 4.18. The lowest BCUT2D eigenvalue weighted by molar-refractivity contribution is 0.140. The Morgan fingerprint density at radius 3 is 2.33 bits per heavy atom. The maximum atomic E-state index is 5.31. The summed E-state index contributed by atoms with van der Waals surface area (Å²) in [6.07, 6.45) is 4.59. The quantitative estimate of drug-likeness (QED) is 0.589. The lowest BCUT2D eigenvalue weighted by atomic mass is 9.85. The highest BCUT2D eigenvalue weighted by Crippen LogP contribution is 2.30. The van der Waals surface area contributed by atoms with Gasteiger partial charge in [0.15, 0.2) is 0 Å². The van der Waals surface area contributed by atoms with E-state index in [2.05, 4.69) is 59.3 Å². The molecule has 0 fully saturated rings. The first-order valence-corrected chi connectivity index (χ1v) is 12.9. The maximum absolute atomic E-state index is 5.31. The Hall–Kier alpha value is -1.72. The standard InChI is InChI=1S/C29H43N3O/c1-5-23-17-26-9-12-32(14-15-33-4)21-29(26)19-28(23)16-22(2)24-6-7-27-20-31(13-10-30-3)11-8-25(27)18-24/h6-7,17-19,22,30H,5,8-16,20-21H2,1-4H3. The Bertz CT molecular complexity index is 925. The molecule has 180 valence electrons. The van der Waals surface area contributed by atoms with Gasteiger partial charge in [-0.3, -0.25) is 9.80 Å². The number of fused-ring (bicyclic) bond motifs is 2. The molecular weight excluding hydrogens is 406 g/mol. The van der Waals surface area contributed by atoms with Crippen molar-refractivity contribution >= 4 is 0 Å². The number of benzene rings is 2. The minimum absolute atomic E-state index is 0.536. The molecule has 33 heavy (non-hydrogen) atoms. The molecule has 4 heteroatoms. The van der Waals surface area contributed by atoms with Gasteiger partial charge in [-0.05, 0) is 77.6 Å². The summed E-state index contributed by atoms with van der Waals surface area (Å²) in [6.45, 7) is 13.2. The second-order valence-corrected chi connectivity index (χ2v) is 10.0. The molecule has 2 aliphatic heterocycles. The van der Waals surface area contributed by atoms with E-state index in [-0.39, 0.29) is 0 Å². The molecule has 0 saturated carbocycles. The van der Waals surface area contributed by atoms with E-state index in [1.54, 1.807) is 29.4 Å². The van der Waals surface area contributed by atoms with Crippen LogP contribution in [0, 0.1) is 0 Å². The molecule has 0 spiro atoms. The molecule has 0 bridgehead atoms. The zero-order valence-corrected chi connectivity index (χ0v) is 21.3. The average Bonchev–Trinajstić information content (AvgIpc) is 2.85. The number of rotatable bonds is 10. The molecule has 2 aliphatic rings. The highest BCUT2D eigenvalue weighted by atomic mass is 16.5. The first-order chi connectivity index (χ1) is 16.1. The van der Waals surface area contributed by atoms with E-state index in [4.69, 9.17) is 4.74 Å². The molecule has 4 rings (SSSR count). The van der Waals surface area contributed by atoms with Gasteiger partial charge in [0.2, 0.25) is 0 Å². The first-order valence-electron chi connectivity index (χ1n) is 12.9. The van der Waals surface area contributed by atoms with Crippen LogP contribution in [0.4, 0.5) is 0 Å². The van der Waals surface area contributed by atoms with E-state index in [0.29, 0.717) is 5.92 Å². The van der Waals surface area contributed by atoms with Crippen molar-refractivity contribution in [3.05, 3.63) is 69.3 Å². The normalized spacial score (nSPS) is 17.6. The van der Waals surface area contributed by atoms with Gasteiger partial charge in [-0.2, -0.15) is 0 Å². The number of nitrogens with zero attached hydrogens (tertiary/aromatic N) is 2. The summed E-state index contributed by atoms with van der Waals surface area (Å²) in [6, 6.07) is 12.3. The highest BCUT2D eigenvalue weighted by molar-refractivity contribution is 5.42. The number of likely N-dealkylation sites (N-methyl/N-ethyl adjacent to an activating group) is 1. The third-order valence-corrected chi connectivity index (χ3v) is 7.70.